The maximum atomic E-state index is 12.3. The molecule has 0 aromatic carbocycles. The Kier molecular flexibility index (Phi) is 4.34. The normalized spacial score (nSPS) is 10.3. The van der Waals surface area contributed by atoms with Crippen molar-refractivity contribution in [3.8, 4) is 0 Å². The van der Waals surface area contributed by atoms with E-state index in [0.29, 0.717) is 17.1 Å². The molecule has 2 N–H and O–H groups in total. The lowest BCUT2D eigenvalue weighted by Crippen LogP contribution is -2.16. The highest BCUT2D eigenvalue weighted by molar-refractivity contribution is 6.07. The molecule has 0 radical (unpaired) electrons. The molecule has 6 heteroatoms. The molecule has 0 aliphatic heterocycles. The highest BCUT2D eigenvalue weighted by Gasteiger charge is 2.14. The van der Waals surface area contributed by atoms with Gasteiger partial charge in [-0.2, -0.15) is 5.10 Å². The topological polar surface area (TPSA) is 71.8 Å². The number of carbonyl (C=O) groups excluding carboxylic acids is 1. The molecule has 0 atom stereocenters. The Labute approximate surface area is 118 Å². The summed E-state index contributed by atoms with van der Waals surface area (Å²) in [5, 5.41) is 10.2. The van der Waals surface area contributed by atoms with E-state index in [4.69, 9.17) is 0 Å². The van der Waals surface area contributed by atoms with E-state index in [-0.39, 0.29) is 5.91 Å². The van der Waals surface area contributed by atoms with Gasteiger partial charge in [-0.05, 0) is 25.5 Å². The van der Waals surface area contributed by atoms with Crippen LogP contribution in [-0.2, 0) is 7.05 Å². The summed E-state index contributed by atoms with van der Waals surface area (Å²) in [6.07, 6.45) is 4.42. The molecule has 1 amide bonds. The van der Waals surface area contributed by atoms with Crippen LogP contribution in [-0.4, -0.2) is 27.2 Å². The van der Waals surface area contributed by atoms with Crippen molar-refractivity contribution in [3.63, 3.8) is 0 Å². The fourth-order valence-electron chi connectivity index (χ4n) is 1.88. The minimum atomic E-state index is -0.187. The van der Waals surface area contributed by atoms with E-state index in [1.54, 1.807) is 29.2 Å². The third-order valence-electron chi connectivity index (χ3n) is 2.86. The average molecular weight is 273 g/mol. The van der Waals surface area contributed by atoms with Crippen LogP contribution in [0.3, 0.4) is 0 Å². The zero-order valence-corrected chi connectivity index (χ0v) is 12.0. The number of aromatic nitrogens is 3. The summed E-state index contributed by atoms with van der Waals surface area (Å²) in [5.41, 5.74) is 2.03. The van der Waals surface area contributed by atoms with E-state index < -0.39 is 0 Å². The van der Waals surface area contributed by atoms with Gasteiger partial charge >= 0.3 is 0 Å². The third kappa shape index (κ3) is 3.14. The molecule has 0 unspecified atom stereocenters. The quantitative estimate of drug-likeness (QED) is 0.876. The smallest absolute Gasteiger partial charge is 0.259 e. The van der Waals surface area contributed by atoms with Crippen LogP contribution in [0.4, 0.5) is 11.5 Å². The van der Waals surface area contributed by atoms with Gasteiger partial charge in [0.2, 0.25) is 0 Å². The molecule has 0 aliphatic carbocycles. The standard InChI is InChI=1S/C14H19N5O/c1-4-7-15-13-11(6-5-8-16-13)14(20)17-12-9-19(3)18-10(12)2/h5-6,8-9H,4,7H2,1-3H3,(H,15,16)(H,17,20). The fraction of sp³-hybridized carbons (Fsp3) is 0.357. The van der Waals surface area contributed by atoms with Crippen LogP contribution >= 0.6 is 0 Å². The zero-order valence-electron chi connectivity index (χ0n) is 12.0. The van der Waals surface area contributed by atoms with Crippen LogP contribution in [0.2, 0.25) is 0 Å². The number of nitrogens with zero attached hydrogens (tertiary/aromatic N) is 3. The number of carbonyl (C=O) groups is 1. The number of rotatable bonds is 5. The van der Waals surface area contributed by atoms with Crippen molar-refractivity contribution in [1.82, 2.24) is 14.8 Å². The number of hydrogen-bond acceptors (Lipinski definition) is 4. The van der Waals surface area contributed by atoms with E-state index in [2.05, 4.69) is 27.6 Å². The van der Waals surface area contributed by atoms with Crippen LogP contribution in [0.25, 0.3) is 0 Å². The van der Waals surface area contributed by atoms with Gasteiger partial charge in [0.25, 0.3) is 5.91 Å². The predicted molar refractivity (Wildman–Crippen MR) is 78.9 cm³/mol. The van der Waals surface area contributed by atoms with E-state index in [1.165, 1.54) is 0 Å². The van der Waals surface area contributed by atoms with Gasteiger partial charge in [0.05, 0.1) is 16.9 Å². The number of aryl methyl sites for hydroxylation is 2. The van der Waals surface area contributed by atoms with Gasteiger partial charge < -0.3 is 10.6 Å². The van der Waals surface area contributed by atoms with Gasteiger partial charge in [-0.3, -0.25) is 9.48 Å². The number of anilines is 2. The van der Waals surface area contributed by atoms with Crippen LogP contribution in [0.15, 0.2) is 24.5 Å². The Hall–Kier alpha value is -2.37. The second-order valence-corrected chi connectivity index (χ2v) is 4.58. The van der Waals surface area contributed by atoms with Crippen LogP contribution < -0.4 is 10.6 Å². The number of hydrogen-bond donors (Lipinski definition) is 2. The van der Waals surface area contributed by atoms with Crippen molar-refractivity contribution in [1.29, 1.82) is 0 Å². The molecule has 0 spiro atoms. The van der Waals surface area contributed by atoms with E-state index in [9.17, 15) is 4.79 Å². The van der Waals surface area contributed by atoms with Crippen molar-refractivity contribution < 1.29 is 4.79 Å². The van der Waals surface area contributed by atoms with Gasteiger partial charge in [0.15, 0.2) is 0 Å². The first-order valence-corrected chi connectivity index (χ1v) is 6.62. The van der Waals surface area contributed by atoms with E-state index in [1.807, 2.05) is 14.0 Å². The first-order valence-electron chi connectivity index (χ1n) is 6.62. The Morgan fingerprint density at radius 1 is 1.45 bits per heavy atom. The Bertz CT molecular complexity index is 605. The summed E-state index contributed by atoms with van der Waals surface area (Å²) in [4.78, 5) is 16.5. The summed E-state index contributed by atoms with van der Waals surface area (Å²) in [5.74, 6) is 0.418. The molecule has 2 rings (SSSR count). The number of amides is 1. The molecule has 2 aromatic heterocycles. The second-order valence-electron chi connectivity index (χ2n) is 4.58. The summed E-state index contributed by atoms with van der Waals surface area (Å²) >= 11 is 0. The van der Waals surface area contributed by atoms with Crippen LogP contribution in [0, 0.1) is 6.92 Å². The Morgan fingerprint density at radius 2 is 2.25 bits per heavy atom. The number of nitrogens with one attached hydrogen (secondary N) is 2. The maximum absolute atomic E-state index is 12.3. The van der Waals surface area contributed by atoms with Gasteiger partial charge in [0.1, 0.15) is 5.82 Å². The van der Waals surface area contributed by atoms with Gasteiger partial charge in [-0.25, -0.2) is 4.98 Å². The molecule has 20 heavy (non-hydrogen) atoms. The molecule has 0 saturated carbocycles. The minimum absolute atomic E-state index is 0.187. The largest absolute Gasteiger partial charge is 0.369 e. The molecule has 0 fully saturated rings. The predicted octanol–water partition coefficient (Wildman–Crippen LogP) is 2.20. The van der Waals surface area contributed by atoms with Crippen molar-refractivity contribution in [3.05, 3.63) is 35.8 Å². The molecule has 0 saturated heterocycles. The molecule has 2 heterocycles. The van der Waals surface area contributed by atoms with Crippen LogP contribution in [0.5, 0.6) is 0 Å². The van der Waals surface area contributed by atoms with Crippen molar-refractivity contribution >= 4 is 17.4 Å². The first kappa shape index (κ1) is 14.0. The van der Waals surface area contributed by atoms with Gasteiger partial charge in [0, 0.05) is 26.0 Å². The Balaban J connectivity index is 2.18. The fourth-order valence-corrected chi connectivity index (χ4v) is 1.88. The molecular formula is C14H19N5O. The van der Waals surface area contributed by atoms with E-state index in [0.717, 1.165) is 18.7 Å². The van der Waals surface area contributed by atoms with Crippen molar-refractivity contribution in [2.75, 3.05) is 17.2 Å². The Morgan fingerprint density at radius 3 is 2.90 bits per heavy atom. The van der Waals surface area contributed by atoms with Crippen LogP contribution in [0.1, 0.15) is 29.4 Å². The van der Waals surface area contributed by atoms with Gasteiger partial charge in [-0.15, -0.1) is 0 Å². The average Bonchev–Trinajstić information content (AvgIpc) is 2.75. The van der Waals surface area contributed by atoms with Crippen molar-refractivity contribution in [2.24, 2.45) is 7.05 Å². The summed E-state index contributed by atoms with van der Waals surface area (Å²) in [6, 6.07) is 3.51. The first-order chi connectivity index (χ1) is 9.61. The molecular weight excluding hydrogens is 254 g/mol. The summed E-state index contributed by atoms with van der Waals surface area (Å²) in [7, 11) is 1.82. The maximum Gasteiger partial charge on any atom is 0.259 e. The lowest BCUT2D eigenvalue weighted by atomic mass is 10.2. The molecule has 0 bridgehead atoms. The number of pyridine rings is 1. The zero-order chi connectivity index (χ0) is 14.5. The molecule has 0 aliphatic rings. The van der Waals surface area contributed by atoms with E-state index >= 15 is 0 Å². The molecule has 6 nitrogen and oxygen atoms in total. The lowest BCUT2D eigenvalue weighted by molar-refractivity contribution is 0.102. The minimum Gasteiger partial charge on any atom is -0.369 e. The monoisotopic (exact) mass is 273 g/mol. The molecule has 106 valence electrons. The summed E-state index contributed by atoms with van der Waals surface area (Å²) < 4.78 is 1.67. The SMILES string of the molecule is CCCNc1ncccc1C(=O)Nc1cn(C)nc1C. The second kappa shape index (κ2) is 6.18. The lowest BCUT2D eigenvalue weighted by Gasteiger charge is -2.10. The highest BCUT2D eigenvalue weighted by atomic mass is 16.1. The molecule has 2 aromatic rings. The highest BCUT2D eigenvalue weighted by Crippen LogP contribution is 2.16. The third-order valence-corrected chi connectivity index (χ3v) is 2.86. The van der Waals surface area contributed by atoms with Gasteiger partial charge in [-0.1, -0.05) is 6.92 Å². The summed E-state index contributed by atoms with van der Waals surface area (Å²) in [6.45, 7) is 4.70. The van der Waals surface area contributed by atoms with Crippen molar-refractivity contribution in [2.45, 2.75) is 20.3 Å².